The summed E-state index contributed by atoms with van der Waals surface area (Å²) in [6.45, 7) is 3.85. The number of rotatable bonds is 6. The van der Waals surface area contributed by atoms with Gasteiger partial charge in [-0.2, -0.15) is 0 Å². The van der Waals surface area contributed by atoms with Crippen LogP contribution in [-0.4, -0.2) is 31.1 Å². The summed E-state index contributed by atoms with van der Waals surface area (Å²) in [6.07, 6.45) is 1.34. The van der Waals surface area contributed by atoms with Gasteiger partial charge >= 0.3 is 12.0 Å². The molecule has 2 N–H and O–H groups in total. The lowest BCUT2D eigenvalue weighted by Gasteiger charge is -2.15. The molecule has 1 aliphatic rings. The number of urea groups is 1. The molecule has 0 unspecified atom stereocenters. The van der Waals surface area contributed by atoms with Crippen molar-refractivity contribution in [3.63, 3.8) is 0 Å². The van der Waals surface area contributed by atoms with E-state index in [1.165, 1.54) is 0 Å². The van der Waals surface area contributed by atoms with Gasteiger partial charge in [0, 0.05) is 11.6 Å². The molecule has 0 atom stereocenters. The van der Waals surface area contributed by atoms with E-state index in [1.807, 2.05) is 13.8 Å². The number of carbonyl (C=O) groups excluding carboxylic acids is 3. The van der Waals surface area contributed by atoms with Crippen molar-refractivity contribution in [1.82, 2.24) is 10.6 Å². The van der Waals surface area contributed by atoms with E-state index in [-0.39, 0.29) is 5.92 Å². The summed E-state index contributed by atoms with van der Waals surface area (Å²) < 4.78 is 5.08. The van der Waals surface area contributed by atoms with Crippen molar-refractivity contribution in [3.05, 3.63) is 34.9 Å². The molecule has 0 spiro atoms. The zero-order valence-electron chi connectivity index (χ0n) is 13.7. The predicted octanol–water partition coefficient (Wildman–Crippen LogP) is 2.40. The largest absolute Gasteiger partial charge is 0.455 e. The molecule has 24 heavy (non-hydrogen) atoms. The Morgan fingerprint density at radius 2 is 1.83 bits per heavy atom. The van der Waals surface area contributed by atoms with Crippen molar-refractivity contribution in [2.75, 3.05) is 13.2 Å². The van der Waals surface area contributed by atoms with Crippen molar-refractivity contribution in [2.24, 2.45) is 5.92 Å². The Bertz CT molecular complexity index is 624. The first-order valence-corrected chi connectivity index (χ1v) is 8.22. The Morgan fingerprint density at radius 1 is 1.21 bits per heavy atom. The van der Waals surface area contributed by atoms with E-state index in [9.17, 15) is 14.4 Å². The number of carbonyl (C=O) groups is 3. The van der Waals surface area contributed by atoms with Gasteiger partial charge in [0.1, 0.15) is 0 Å². The van der Waals surface area contributed by atoms with Crippen LogP contribution in [0.4, 0.5) is 4.79 Å². The van der Waals surface area contributed by atoms with Crippen LogP contribution >= 0.6 is 11.6 Å². The lowest BCUT2D eigenvalue weighted by Crippen LogP contribution is -2.43. The number of hydrogen-bond acceptors (Lipinski definition) is 4. The summed E-state index contributed by atoms with van der Waals surface area (Å²) in [5.74, 6) is -0.836. The van der Waals surface area contributed by atoms with E-state index in [1.54, 1.807) is 24.3 Å². The number of halogens is 1. The van der Waals surface area contributed by atoms with Gasteiger partial charge in [-0.1, -0.05) is 37.6 Å². The third kappa shape index (κ3) is 4.71. The fourth-order valence-corrected chi connectivity index (χ4v) is 2.40. The Labute approximate surface area is 145 Å². The predicted molar refractivity (Wildman–Crippen MR) is 89.7 cm³/mol. The van der Waals surface area contributed by atoms with Crippen LogP contribution in [0.3, 0.4) is 0 Å². The minimum atomic E-state index is -0.690. The highest BCUT2D eigenvalue weighted by molar-refractivity contribution is 6.30. The van der Waals surface area contributed by atoms with E-state index in [0.29, 0.717) is 24.4 Å². The molecule has 7 heteroatoms. The quantitative estimate of drug-likeness (QED) is 0.770. The number of hydrogen-bond donors (Lipinski definition) is 2. The molecule has 1 saturated carbocycles. The van der Waals surface area contributed by atoms with Crippen LogP contribution in [0.15, 0.2) is 24.3 Å². The average Bonchev–Trinajstić information content (AvgIpc) is 3.33. The molecule has 1 aromatic carbocycles. The van der Waals surface area contributed by atoms with Gasteiger partial charge in [0.25, 0.3) is 5.91 Å². The van der Waals surface area contributed by atoms with E-state index < -0.39 is 29.9 Å². The van der Waals surface area contributed by atoms with Gasteiger partial charge in [0.2, 0.25) is 0 Å². The highest BCUT2D eigenvalue weighted by Gasteiger charge is 2.52. The highest BCUT2D eigenvalue weighted by Crippen LogP contribution is 2.49. The minimum absolute atomic E-state index is 0.276. The Balaban J connectivity index is 1.81. The molecule has 2 rings (SSSR count). The second kappa shape index (κ2) is 7.66. The molecule has 1 aromatic rings. The second-order valence-electron chi connectivity index (χ2n) is 6.32. The molecule has 0 radical (unpaired) electrons. The third-order valence-electron chi connectivity index (χ3n) is 3.80. The molecule has 0 aliphatic heterocycles. The summed E-state index contributed by atoms with van der Waals surface area (Å²) >= 11 is 5.85. The fourth-order valence-electron chi connectivity index (χ4n) is 2.28. The topological polar surface area (TPSA) is 84.5 Å². The number of esters is 1. The lowest BCUT2D eigenvalue weighted by atomic mass is 9.96. The molecule has 1 aliphatic carbocycles. The molecule has 130 valence electrons. The number of nitrogens with one attached hydrogen (secondary N) is 2. The van der Waals surface area contributed by atoms with Crippen molar-refractivity contribution < 1.29 is 19.1 Å². The normalized spacial score (nSPS) is 14.8. The number of benzene rings is 1. The van der Waals surface area contributed by atoms with E-state index >= 15 is 0 Å². The SMILES string of the molecule is CC(C)CNC(=O)NC(=O)COC(=O)C1(c2ccc(Cl)cc2)CC1. The number of ether oxygens (including phenoxy) is 1. The van der Waals surface area contributed by atoms with E-state index in [0.717, 1.165) is 5.56 Å². The van der Waals surface area contributed by atoms with Crippen LogP contribution in [0.25, 0.3) is 0 Å². The number of imide groups is 1. The van der Waals surface area contributed by atoms with Gasteiger partial charge < -0.3 is 10.1 Å². The monoisotopic (exact) mass is 352 g/mol. The molecule has 0 bridgehead atoms. The Kier molecular flexibility index (Phi) is 5.83. The van der Waals surface area contributed by atoms with Crippen LogP contribution in [0, 0.1) is 5.92 Å². The van der Waals surface area contributed by atoms with Crippen molar-refractivity contribution in [2.45, 2.75) is 32.1 Å². The van der Waals surface area contributed by atoms with Crippen molar-refractivity contribution in [1.29, 1.82) is 0 Å². The van der Waals surface area contributed by atoms with Gasteiger partial charge in [-0.3, -0.25) is 14.9 Å². The summed E-state index contributed by atoms with van der Waals surface area (Å²) in [5.41, 5.74) is 0.136. The van der Waals surface area contributed by atoms with Crippen LogP contribution < -0.4 is 10.6 Å². The van der Waals surface area contributed by atoms with Gasteiger partial charge in [-0.15, -0.1) is 0 Å². The Morgan fingerprint density at radius 3 is 2.38 bits per heavy atom. The molecule has 1 fully saturated rings. The van der Waals surface area contributed by atoms with E-state index in [4.69, 9.17) is 16.3 Å². The third-order valence-corrected chi connectivity index (χ3v) is 4.05. The Hall–Kier alpha value is -2.08. The van der Waals surface area contributed by atoms with Crippen LogP contribution in [-0.2, 0) is 19.7 Å². The molecule has 6 nitrogen and oxygen atoms in total. The zero-order chi connectivity index (χ0) is 17.7. The molecule has 0 heterocycles. The molecular formula is C17H21ClN2O4. The highest BCUT2D eigenvalue weighted by atomic mass is 35.5. The second-order valence-corrected chi connectivity index (χ2v) is 6.75. The van der Waals surface area contributed by atoms with Crippen LogP contribution in [0.5, 0.6) is 0 Å². The first kappa shape index (κ1) is 18.3. The summed E-state index contributed by atoms with van der Waals surface area (Å²) in [5, 5.41) is 5.27. The van der Waals surface area contributed by atoms with Crippen molar-refractivity contribution >= 4 is 29.5 Å². The maximum atomic E-state index is 12.3. The van der Waals surface area contributed by atoms with Gasteiger partial charge in [-0.05, 0) is 36.5 Å². The molecule has 0 saturated heterocycles. The first-order chi connectivity index (χ1) is 11.3. The average molecular weight is 353 g/mol. The van der Waals surface area contributed by atoms with Gasteiger partial charge in [0.05, 0.1) is 5.41 Å². The summed E-state index contributed by atoms with van der Waals surface area (Å²) in [4.78, 5) is 35.4. The standard InChI is InChI=1S/C17H21ClN2O4/c1-11(2)9-19-16(23)20-14(21)10-24-15(22)17(7-8-17)12-3-5-13(18)6-4-12/h3-6,11H,7-10H2,1-2H3,(H2,19,20,21,23). The molecular weight excluding hydrogens is 332 g/mol. The fraction of sp³-hybridized carbons (Fsp3) is 0.471. The number of amides is 3. The lowest BCUT2D eigenvalue weighted by molar-refractivity contribution is -0.150. The molecule has 0 aromatic heterocycles. The van der Waals surface area contributed by atoms with E-state index in [2.05, 4.69) is 10.6 Å². The molecule has 3 amide bonds. The summed E-state index contributed by atoms with van der Waals surface area (Å²) in [6, 6.07) is 6.42. The van der Waals surface area contributed by atoms with Crippen LogP contribution in [0.1, 0.15) is 32.3 Å². The maximum absolute atomic E-state index is 12.3. The summed E-state index contributed by atoms with van der Waals surface area (Å²) in [7, 11) is 0. The smallest absolute Gasteiger partial charge is 0.321 e. The van der Waals surface area contributed by atoms with Gasteiger partial charge in [-0.25, -0.2) is 4.79 Å². The van der Waals surface area contributed by atoms with Crippen LogP contribution in [0.2, 0.25) is 5.02 Å². The first-order valence-electron chi connectivity index (χ1n) is 7.84. The minimum Gasteiger partial charge on any atom is -0.455 e. The van der Waals surface area contributed by atoms with Crippen molar-refractivity contribution in [3.8, 4) is 0 Å². The maximum Gasteiger partial charge on any atom is 0.321 e. The van der Waals surface area contributed by atoms with Gasteiger partial charge in [0.15, 0.2) is 6.61 Å². The zero-order valence-corrected chi connectivity index (χ0v) is 14.5.